The first kappa shape index (κ1) is 17.2. The predicted molar refractivity (Wildman–Crippen MR) is 88.3 cm³/mol. The highest BCUT2D eigenvalue weighted by molar-refractivity contribution is 5.91. The zero-order chi connectivity index (χ0) is 16.7. The molecule has 2 aromatic rings. The largest absolute Gasteiger partial charge is 0.391 e. The molecule has 1 unspecified atom stereocenters. The molecule has 1 amide bonds. The van der Waals surface area contributed by atoms with Crippen LogP contribution in [-0.4, -0.2) is 28.8 Å². The quantitative estimate of drug-likeness (QED) is 0.785. The summed E-state index contributed by atoms with van der Waals surface area (Å²) in [6.07, 6.45) is 1.78. The number of hydrogen-bond donors (Lipinski definition) is 2. The molecule has 124 valence electrons. The third-order valence-corrected chi connectivity index (χ3v) is 3.97. The van der Waals surface area contributed by atoms with E-state index >= 15 is 0 Å². The molecule has 0 radical (unpaired) electrons. The van der Waals surface area contributed by atoms with E-state index < -0.39 is 6.10 Å². The van der Waals surface area contributed by atoms with Crippen LogP contribution in [0.3, 0.4) is 0 Å². The van der Waals surface area contributed by atoms with Gasteiger partial charge < -0.3 is 14.9 Å². The lowest BCUT2D eigenvalue weighted by atomic mass is 9.99. The number of nitrogens with one attached hydrogen (secondary N) is 1. The van der Waals surface area contributed by atoms with Crippen LogP contribution in [-0.2, 0) is 6.42 Å². The van der Waals surface area contributed by atoms with E-state index in [1.807, 2.05) is 30.3 Å². The van der Waals surface area contributed by atoms with Crippen LogP contribution in [0.5, 0.6) is 0 Å². The molecule has 0 saturated carbocycles. The second-order valence-electron chi connectivity index (χ2n) is 5.68. The second-order valence-corrected chi connectivity index (χ2v) is 5.68. The van der Waals surface area contributed by atoms with Gasteiger partial charge in [-0.05, 0) is 18.4 Å². The van der Waals surface area contributed by atoms with Gasteiger partial charge in [0.05, 0.1) is 11.8 Å². The van der Waals surface area contributed by atoms with Gasteiger partial charge in [-0.2, -0.15) is 0 Å². The molecule has 2 N–H and O–H groups in total. The minimum atomic E-state index is -0.636. The molecule has 0 bridgehead atoms. The number of aliphatic hydroxyl groups is 1. The lowest BCUT2D eigenvalue weighted by Gasteiger charge is -2.11. The van der Waals surface area contributed by atoms with E-state index in [1.54, 1.807) is 6.07 Å². The van der Waals surface area contributed by atoms with Crippen molar-refractivity contribution in [2.24, 2.45) is 0 Å². The number of benzene rings is 1. The first-order chi connectivity index (χ1) is 11.1. The van der Waals surface area contributed by atoms with E-state index in [2.05, 4.69) is 24.3 Å². The number of hydrogen-bond acceptors (Lipinski definition) is 4. The summed E-state index contributed by atoms with van der Waals surface area (Å²) in [5.74, 6) is 0.157. The topological polar surface area (TPSA) is 75.4 Å². The maximum Gasteiger partial charge on any atom is 0.289 e. The van der Waals surface area contributed by atoms with Crippen molar-refractivity contribution < 1.29 is 14.4 Å². The van der Waals surface area contributed by atoms with Gasteiger partial charge in [0.15, 0.2) is 0 Å². The van der Waals surface area contributed by atoms with Crippen LogP contribution in [0.4, 0.5) is 0 Å². The normalized spacial score (nSPS) is 12.3. The van der Waals surface area contributed by atoms with E-state index in [0.29, 0.717) is 12.3 Å². The molecule has 0 aliphatic heterocycles. The molecule has 5 nitrogen and oxygen atoms in total. The Hall–Kier alpha value is -2.14. The average Bonchev–Trinajstić information content (AvgIpc) is 3.05. The zero-order valence-electron chi connectivity index (χ0n) is 13.7. The van der Waals surface area contributed by atoms with Crippen LogP contribution in [0.2, 0.25) is 0 Å². The number of amides is 1. The van der Waals surface area contributed by atoms with Crippen molar-refractivity contribution in [1.29, 1.82) is 0 Å². The summed E-state index contributed by atoms with van der Waals surface area (Å²) in [6.45, 7) is 4.35. The fourth-order valence-corrected chi connectivity index (χ4v) is 2.55. The van der Waals surface area contributed by atoms with Gasteiger partial charge in [0.25, 0.3) is 5.91 Å². The van der Waals surface area contributed by atoms with E-state index in [-0.39, 0.29) is 18.2 Å². The minimum Gasteiger partial charge on any atom is -0.391 e. The predicted octanol–water partition coefficient (Wildman–Crippen LogP) is 2.91. The second kappa shape index (κ2) is 8.48. The highest BCUT2D eigenvalue weighted by Gasteiger charge is 2.18. The Kier molecular flexibility index (Phi) is 6.35. The Labute approximate surface area is 136 Å². The minimum absolute atomic E-state index is 0.175. The van der Waals surface area contributed by atoms with Crippen molar-refractivity contribution >= 4 is 5.91 Å². The number of carbonyl (C=O) groups is 1. The van der Waals surface area contributed by atoms with Crippen LogP contribution < -0.4 is 5.32 Å². The van der Waals surface area contributed by atoms with Gasteiger partial charge >= 0.3 is 0 Å². The van der Waals surface area contributed by atoms with Gasteiger partial charge in [-0.25, -0.2) is 0 Å². The molecule has 0 aliphatic carbocycles. The molecular weight excluding hydrogens is 292 g/mol. The maximum absolute atomic E-state index is 12.1. The fourth-order valence-electron chi connectivity index (χ4n) is 2.55. The van der Waals surface area contributed by atoms with Gasteiger partial charge in [-0.3, -0.25) is 4.79 Å². The van der Waals surface area contributed by atoms with E-state index in [4.69, 9.17) is 4.52 Å². The molecule has 0 aliphatic rings. The Morgan fingerprint density at radius 2 is 1.96 bits per heavy atom. The summed E-state index contributed by atoms with van der Waals surface area (Å²) in [5, 5.41) is 16.7. The number of aliphatic hydroxyl groups excluding tert-OH is 1. The van der Waals surface area contributed by atoms with Crippen molar-refractivity contribution in [3.63, 3.8) is 0 Å². The smallest absolute Gasteiger partial charge is 0.289 e. The van der Waals surface area contributed by atoms with Crippen molar-refractivity contribution in [1.82, 2.24) is 10.5 Å². The lowest BCUT2D eigenvalue weighted by molar-refractivity contribution is 0.0879. The Morgan fingerprint density at radius 1 is 1.26 bits per heavy atom. The Bertz CT molecular complexity index is 606. The molecule has 1 atom stereocenters. The van der Waals surface area contributed by atoms with Crippen molar-refractivity contribution in [2.45, 2.75) is 45.1 Å². The van der Waals surface area contributed by atoms with Crippen molar-refractivity contribution in [3.05, 3.63) is 53.4 Å². The number of nitrogens with zero attached hydrogens (tertiary/aromatic N) is 1. The Morgan fingerprint density at radius 3 is 2.61 bits per heavy atom. The molecule has 0 spiro atoms. The number of aromatic nitrogens is 1. The molecule has 1 aromatic heterocycles. The van der Waals surface area contributed by atoms with Crippen LogP contribution in [0.15, 0.2) is 40.9 Å². The van der Waals surface area contributed by atoms with Crippen LogP contribution in [0.1, 0.15) is 54.4 Å². The van der Waals surface area contributed by atoms with Crippen LogP contribution in [0, 0.1) is 0 Å². The summed E-state index contributed by atoms with van der Waals surface area (Å²) in [6, 6.07) is 11.4. The van der Waals surface area contributed by atoms with Gasteiger partial charge in [0, 0.05) is 24.9 Å². The van der Waals surface area contributed by atoms with Gasteiger partial charge in [0.2, 0.25) is 5.76 Å². The molecule has 1 heterocycles. The third-order valence-electron chi connectivity index (χ3n) is 3.97. The van der Waals surface area contributed by atoms with Crippen LogP contribution >= 0.6 is 0 Å². The fraction of sp³-hybridized carbons (Fsp3) is 0.444. The molecular formula is C18H24N2O3. The van der Waals surface area contributed by atoms with E-state index in [9.17, 15) is 9.90 Å². The van der Waals surface area contributed by atoms with Gasteiger partial charge in [-0.1, -0.05) is 49.3 Å². The van der Waals surface area contributed by atoms with Crippen molar-refractivity contribution in [2.75, 3.05) is 6.54 Å². The summed E-state index contributed by atoms with van der Waals surface area (Å²) < 4.78 is 5.12. The standard InChI is InChI=1S/C18H24N2O3/c1-3-14(4-2)16-11-17(23-20-16)18(22)19-12-15(21)10-13-8-6-5-7-9-13/h5-9,11,14-15,21H,3-4,10,12H2,1-2H3,(H,19,22). The monoisotopic (exact) mass is 316 g/mol. The highest BCUT2D eigenvalue weighted by Crippen LogP contribution is 2.22. The zero-order valence-corrected chi connectivity index (χ0v) is 13.7. The first-order valence-electron chi connectivity index (χ1n) is 8.10. The molecule has 0 fully saturated rings. The molecule has 23 heavy (non-hydrogen) atoms. The lowest BCUT2D eigenvalue weighted by Crippen LogP contribution is -2.33. The SMILES string of the molecule is CCC(CC)c1cc(C(=O)NCC(O)Cc2ccccc2)on1. The number of carbonyl (C=O) groups excluding carboxylic acids is 1. The first-order valence-corrected chi connectivity index (χ1v) is 8.10. The molecule has 2 rings (SSSR count). The summed E-state index contributed by atoms with van der Waals surface area (Å²) >= 11 is 0. The summed E-state index contributed by atoms with van der Waals surface area (Å²) in [5.41, 5.74) is 1.84. The van der Waals surface area contributed by atoms with E-state index in [1.165, 1.54) is 0 Å². The van der Waals surface area contributed by atoms with Crippen LogP contribution in [0.25, 0.3) is 0 Å². The number of rotatable bonds is 8. The molecule has 1 aromatic carbocycles. The van der Waals surface area contributed by atoms with Gasteiger partial charge in [-0.15, -0.1) is 0 Å². The molecule has 0 saturated heterocycles. The summed E-state index contributed by atoms with van der Waals surface area (Å²) in [4.78, 5) is 12.1. The highest BCUT2D eigenvalue weighted by atomic mass is 16.5. The van der Waals surface area contributed by atoms with Gasteiger partial charge in [0.1, 0.15) is 0 Å². The third kappa shape index (κ3) is 4.93. The molecule has 5 heteroatoms. The van der Waals surface area contributed by atoms with Crippen molar-refractivity contribution in [3.8, 4) is 0 Å². The Balaban J connectivity index is 1.85. The maximum atomic E-state index is 12.1. The average molecular weight is 316 g/mol. The summed E-state index contributed by atoms with van der Waals surface area (Å²) in [7, 11) is 0. The van der Waals surface area contributed by atoms with E-state index in [0.717, 1.165) is 24.1 Å².